The molecule has 2 fully saturated rings. The lowest BCUT2D eigenvalue weighted by Crippen LogP contribution is -2.51. The minimum atomic E-state index is -3.52. The molecule has 3 rings (SSSR count). The van der Waals surface area contributed by atoms with Crippen molar-refractivity contribution >= 4 is 21.6 Å². The van der Waals surface area contributed by atoms with Crippen LogP contribution in [0.3, 0.4) is 0 Å². The van der Waals surface area contributed by atoms with Crippen molar-refractivity contribution in [2.75, 3.05) is 32.8 Å². The number of hydrogen-bond acceptors (Lipinski definition) is 5. The standard InChI is InChI=1S/C17H26ClN3O3S/c18-13-3-1-4-14(11-13)25(22,23)21-8-7-19-16-6-2-5-15(16)17-12-24-10-9-20-17/h1,3-4,11,15-17,19-21H,2,5-10,12H2. The molecule has 1 aromatic carbocycles. The predicted molar refractivity (Wildman–Crippen MR) is 98.4 cm³/mol. The van der Waals surface area contributed by atoms with Crippen molar-refractivity contribution < 1.29 is 13.2 Å². The first-order chi connectivity index (χ1) is 12.1. The quantitative estimate of drug-likeness (QED) is 0.616. The highest BCUT2D eigenvalue weighted by Crippen LogP contribution is 2.29. The molecule has 1 heterocycles. The Labute approximate surface area is 154 Å². The maximum Gasteiger partial charge on any atom is 0.240 e. The first-order valence-corrected chi connectivity index (χ1v) is 10.7. The molecule has 8 heteroatoms. The van der Waals surface area contributed by atoms with Crippen LogP contribution >= 0.6 is 11.6 Å². The molecule has 1 aliphatic heterocycles. The zero-order valence-electron chi connectivity index (χ0n) is 14.2. The summed E-state index contributed by atoms with van der Waals surface area (Å²) >= 11 is 5.87. The van der Waals surface area contributed by atoms with E-state index in [1.165, 1.54) is 18.9 Å². The van der Waals surface area contributed by atoms with Crippen molar-refractivity contribution in [1.82, 2.24) is 15.4 Å². The number of ether oxygens (including phenoxy) is 1. The van der Waals surface area contributed by atoms with Crippen molar-refractivity contribution in [3.05, 3.63) is 29.3 Å². The Morgan fingerprint density at radius 2 is 2.16 bits per heavy atom. The molecule has 1 aliphatic carbocycles. The van der Waals surface area contributed by atoms with Gasteiger partial charge < -0.3 is 15.4 Å². The maximum atomic E-state index is 12.3. The summed E-state index contributed by atoms with van der Waals surface area (Å²) in [5.41, 5.74) is 0. The van der Waals surface area contributed by atoms with Crippen LogP contribution in [0.5, 0.6) is 0 Å². The summed E-state index contributed by atoms with van der Waals surface area (Å²) in [6.45, 7) is 3.42. The third-order valence-electron chi connectivity index (χ3n) is 4.97. The molecule has 3 atom stereocenters. The van der Waals surface area contributed by atoms with Crippen LogP contribution in [0.15, 0.2) is 29.2 Å². The number of sulfonamides is 1. The summed E-state index contributed by atoms with van der Waals surface area (Å²) in [6, 6.07) is 7.11. The van der Waals surface area contributed by atoms with Crippen LogP contribution in [0.2, 0.25) is 5.02 Å². The molecule has 0 aromatic heterocycles. The van der Waals surface area contributed by atoms with Crippen LogP contribution in [-0.2, 0) is 14.8 Å². The highest BCUT2D eigenvalue weighted by atomic mass is 35.5. The summed E-state index contributed by atoms with van der Waals surface area (Å²) in [5, 5.41) is 7.47. The normalized spacial score (nSPS) is 27.5. The summed E-state index contributed by atoms with van der Waals surface area (Å²) in [6.07, 6.45) is 3.52. The minimum absolute atomic E-state index is 0.197. The van der Waals surface area contributed by atoms with E-state index in [0.29, 0.717) is 36.1 Å². The van der Waals surface area contributed by atoms with Crippen LogP contribution in [0.25, 0.3) is 0 Å². The second-order valence-corrected chi connectivity index (χ2v) is 8.85. The summed E-state index contributed by atoms with van der Waals surface area (Å²) < 4.78 is 32.7. The van der Waals surface area contributed by atoms with Gasteiger partial charge in [0.1, 0.15) is 0 Å². The lowest BCUT2D eigenvalue weighted by atomic mass is 9.94. The van der Waals surface area contributed by atoms with E-state index in [9.17, 15) is 8.42 Å². The first-order valence-electron chi connectivity index (χ1n) is 8.86. The number of hydrogen-bond donors (Lipinski definition) is 3. The molecular formula is C17H26ClN3O3S. The smallest absolute Gasteiger partial charge is 0.240 e. The van der Waals surface area contributed by atoms with Crippen LogP contribution in [0.4, 0.5) is 0 Å². The van der Waals surface area contributed by atoms with E-state index in [-0.39, 0.29) is 4.90 Å². The topological polar surface area (TPSA) is 79.5 Å². The average Bonchev–Trinajstić information content (AvgIpc) is 3.08. The van der Waals surface area contributed by atoms with Gasteiger partial charge in [0, 0.05) is 36.7 Å². The lowest BCUT2D eigenvalue weighted by molar-refractivity contribution is 0.0526. The minimum Gasteiger partial charge on any atom is -0.379 e. The zero-order valence-corrected chi connectivity index (χ0v) is 15.8. The monoisotopic (exact) mass is 387 g/mol. The van der Waals surface area contributed by atoms with E-state index in [1.807, 2.05) is 0 Å². The van der Waals surface area contributed by atoms with Crippen molar-refractivity contribution in [3.63, 3.8) is 0 Å². The molecule has 140 valence electrons. The Morgan fingerprint density at radius 3 is 2.92 bits per heavy atom. The molecule has 0 bridgehead atoms. The number of rotatable bonds is 7. The first kappa shape index (κ1) is 19.1. The summed E-state index contributed by atoms with van der Waals surface area (Å²) in [7, 11) is -3.52. The van der Waals surface area contributed by atoms with Gasteiger partial charge in [-0.3, -0.25) is 0 Å². The van der Waals surface area contributed by atoms with Gasteiger partial charge in [0.25, 0.3) is 0 Å². The van der Waals surface area contributed by atoms with Crippen LogP contribution < -0.4 is 15.4 Å². The largest absolute Gasteiger partial charge is 0.379 e. The van der Waals surface area contributed by atoms with E-state index in [1.54, 1.807) is 18.2 Å². The van der Waals surface area contributed by atoms with E-state index < -0.39 is 10.0 Å². The fourth-order valence-corrected chi connectivity index (χ4v) is 5.08. The maximum absolute atomic E-state index is 12.3. The molecule has 2 aliphatic rings. The molecule has 6 nitrogen and oxygen atoms in total. The van der Waals surface area contributed by atoms with Crippen LogP contribution in [0, 0.1) is 5.92 Å². The Morgan fingerprint density at radius 1 is 1.28 bits per heavy atom. The number of morpholine rings is 1. The Kier molecular flexibility index (Phi) is 6.71. The molecular weight excluding hydrogens is 362 g/mol. The highest BCUT2D eigenvalue weighted by molar-refractivity contribution is 7.89. The third kappa shape index (κ3) is 5.15. The SMILES string of the molecule is O=S(=O)(NCCNC1CCCC1C1COCCN1)c1cccc(Cl)c1. The van der Waals surface area contributed by atoms with Gasteiger partial charge in [0.05, 0.1) is 18.1 Å². The Balaban J connectivity index is 1.46. The van der Waals surface area contributed by atoms with Gasteiger partial charge >= 0.3 is 0 Å². The molecule has 3 unspecified atom stereocenters. The van der Waals surface area contributed by atoms with Gasteiger partial charge in [0.15, 0.2) is 0 Å². The van der Waals surface area contributed by atoms with E-state index >= 15 is 0 Å². The van der Waals surface area contributed by atoms with Gasteiger partial charge in [0.2, 0.25) is 10.0 Å². The number of benzene rings is 1. The van der Waals surface area contributed by atoms with E-state index in [2.05, 4.69) is 15.4 Å². The van der Waals surface area contributed by atoms with Crippen LogP contribution in [-0.4, -0.2) is 53.3 Å². The van der Waals surface area contributed by atoms with Gasteiger partial charge in [-0.2, -0.15) is 0 Å². The van der Waals surface area contributed by atoms with E-state index in [4.69, 9.17) is 16.3 Å². The molecule has 25 heavy (non-hydrogen) atoms. The molecule has 3 N–H and O–H groups in total. The van der Waals surface area contributed by atoms with Gasteiger partial charge in [-0.25, -0.2) is 13.1 Å². The second kappa shape index (κ2) is 8.79. The summed E-state index contributed by atoms with van der Waals surface area (Å²) in [5.74, 6) is 0.546. The molecule has 0 spiro atoms. The van der Waals surface area contributed by atoms with Crippen molar-refractivity contribution in [2.45, 2.75) is 36.2 Å². The number of halogens is 1. The second-order valence-electron chi connectivity index (χ2n) is 6.65. The zero-order chi connectivity index (χ0) is 17.7. The fourth-order valence-electron chi connectivity index (χ4n) is 3.74. The van der Waals surface area contributed by atoms with E-state index in [0.717, 1.165) is 26.2 Å². The fraction of sp³-hybridized carbons (Fsp3) is 0.647. The van der Waals surface area contributed by atoms with Crippen molar-refractivity contribution in [3.8, 4) is 0 Å². The molecule has 1 saturated heterocycles. The van der Waals surface area contributed by atoms with Gasteiger partial charge in [-0.15, -0.1) is 0 Å². The Hall–Kier alpha value is -0.700. The third-order valence-corrected chi connectivity index (χ3v) is 6.66. The average molecular weight is 388 g/mol. The van der Waals surface area contributed by atoms with Crippen LogP contribution in [0.1, 0.15) is 19.3 Å². The Bertz CT molecular complexity index is 665. The molecule has 1 aromatic rings. The summed E-state index contributed by atoms with van der Waals surface area (Å²) in [4.78, 5) is 0.197. The predicted octanol–water partition coefficient (Wildman–Crippen LogP) is 1.37. The van der Waals surface area contributed by atoms with Crippen molar-refractivity contribution in [1.29, 1.82) is 0 Å². The van der Waals surface area contributed by atoms with Gasteiger partial charge in [-0.05, 0) is 37.0 Å². The molecule has 0 radical (unpaired) electrons. The number of nitrogens with one attached hydrogen (secondary N) is 3. The van der Waals surface area contributed by atoms with Crippen molar-refractivity contribution in [2.24, 2.45) is 5.92 Å². The molecule has 0 amide bonds. The molecule has 1 saturated carbocycles. The highest BCUT2D eigenvalue weighted by Gasteiger charge is 2.34. The van der Waals surface area contributed by atoms with Gasteiger partial charge in [-0.1, -0.05) is 24.1 Å². The lowest BCUT2D eigenvalue weighted by Gasteiger charge is -2.33.